The lowest BCUT2D eigenvalue weighted by atomic mass is 10.2. The number of nitrogens with zero attached hydrogens (tertiary/aromatic N) is 4. The number of nitrogens with one attached hydrogen (secondary N) is 1. The van der Waals surface area contributed by atoms with Gasteiger partial charge < -0.3 is 10.1 Å². The highest BCUT2D eigenvalue weighted by atomic mass is 35.5. The monoisotopic (exact) mass is 469 g/mol. The van der Waals surface area contributed by atoms with Crippen LogP contribution in [0, 0.1) is 13.8 Å². The van der Waals surface area contributed by atoms with Gasteiger partial charge >= 0.3 is 0 Å². The van der Waals surface area contributed by atoms with Crippen LogP contribution >= 0.6 is 23.2 Å². The highest BCUT2D eigenvalue weighted by molar-refractivity contribution is 6.32. The molecule has 2 heterocycles. The van der Waals surface area contributed by atoms with Crippen LogP contribution in [-0.4, -0.2) is 25.5 Å². The molecule has 32 heavy (non-hydrogen) atoms. The fourth-order valence-electron chi connectivity index (χ4n) is 3.27. The zero-order chi connectivity index (χ0) is 22.7. The number of aryl methyl sites for hydroxylation is 1. The van der Waals surface area contributed by atoms with Gasteiger partial charge in [-0.15, -0.1) is 0 Å². The van der Waals surface area contributed by atoms with Gasteiger partial charge in [-0.05, 0) is 49.7 Å². The molecule has 2 aromatic heterocycles. The molecule has 1 amide bonds. The maximum atomic E-state index is 12.8. The second-order valence-corrected chi connectivity index (χ2v) is 8.08. The number of benzene rings is 2. The van der Waals surface area contributed by atoms with Gasteiger partial charge in [-0.25, -0.2) is 4.68 Å². The van der Waals surface area contributed by atoms with Gasteiger partial charge in [0.1, 0.15) is 5.75 Å². The van der Waals surface area contributed by atoms with Gasteiger partial charge in [-0.3, -0.25) is 9.48 Å². The van der Waals surface area contributed by atoms with Gasteiger partial charge in [0.25, 0.3) is 5.91 Å². The Morgan fingerprint density at radius 3 is 2.66 bits per heavy atom. The average molecular weight is 470 g/mol. The number of ether oxygens (including phenoxy) is 1. The van der Waals surface area contributed by atoms with Crippen LogP contribution in [0.3, 0.4) is 0 Å². The van der Waals surface area contributed by atoms with Crippen LogP contribution < -0.4 is 10.1 Å². The van der Waals surface area contributed by atoms with Crippen molar-refractivity contribution >= 4 is 34.8 Å². The summed E-state index contributed by atoms with van der Waals surface area (Å²) in [5, 5.41) is 13.0. The maximum absolute atomic E-state index is 12.8. The maximum Gasteiger partial charge on any atom is 0.276 e. The van der Waals surface area contributed by atoms with Crippen molar-refractivity contribution in [2.45, 2.75) is 27.1 Å². The van der Waals surface area contributed by atoms with Crippen LogP contribution in [0.5, 0.6) is 5.75 Å². The predicted molar refractivity (Wildman–Crippen MR) is 125 cm³/mol. The Hall–Kier alpha value is -3.29. The van der Waals surface area contributed by atoms with E-state index < -0.39 is 0 Å². The Bertz CT molecular complexity index is 1270. The third-order valence-corrected chi connectivity index (χ3v) is 5.45. The molecule has 0 aliphatic carbocycles. The zero-order valence-corrected chi connectivity index (χ0v) is 19.1. The van der Waals surface area contributed by atoms with E-state index in [4.69, 9.17) is 27.9 Å². The van der Waals surface area contributed by atoms with Gasteiger partial charge in [0.15, 0.2) is 12.4 Å². The fraction of sp³-hybridized carbons (Fsp3) is 0.174. The summed E-state index contributed by atoms with van der Waals surface area (Å²) in [5.74, 6) is 0.226. The lowest BCUT2D eigenvalue weighted by Gasteiger charge is -2.08. The van der Waals surface area contributed by atoms with Crippen molar-refractivity contribution in [3.63, 3.8) is 0 Å². The molecule has 7 nitrogen and oxygen atoms in total. The molecule has 0 saturated carbocycles. The minimum Gasteiger partial charge on any atom is -0.470 e. The molecule has 0 radical (unpaired) electrons. The first-order valence-corrected chi connectivity index (χ1v) is 10.7. The molecule has 1 N–H and O–H groups in total. The molecule has 4 aromatic rings. The molecule has 0 unspecified atom stereocenters. The Kier molecular flexibility index (Phi) is 6.48. The van der Waals surface area contributed by atoms with Crippen molar-refractivity contribution < 1.29 is 9.53 Å². The first kappa shape index (κ1) is 21.9. The topological polar surface area (TPSA) is 74.0 Å². The molecule has 2 aromatic carbocycles. The Morgan fingerprint density at radius 2 is 1.88 bits per heavy atom. The smallest absolute Gasteiger partial charge is 0.276 e. The summed E-state index contributed by atoms with van der Waals surface area (Å²) in [5.41, 5.74) is 3.53. The lowest BCUT2D eigenvalue weighted by molar-refractivity contribution is 0.102. The van der Waals surface area contributed by atoms with Gasteiger partial charge in [0.05, 0.1) is 28.6 Å². The van der Waals surface area contributed by atoms with E-state index in [0.717, 1.165) is 17.0 Å². The van der Waals surface area contributed by atoms with Gasteiger partial charge in [-0.1, -0.05) is 47.5 Å². The molecule has 0 aliphatic rings. The normalized spacial score (nSPS) is 10.9. The number of amides is 1. The van der Waals surface area contributed by atoms with Crippen LogP contribution in [0.1, 0.15) is 27.4 Å². The third-order valence-electron chi connectivity index (χ3n) is 4.90. The third kappa shape index (κ3) is 4.95. The highest BCUT2D eigenvalue weighted by Gasteiger charge is 2.17. The summed E-state index contributed by atoms with van der Waals surface area (Å²) in [6.07, 6.45) is 1.67. The minimum atomic E-state index is -0.324. The molecule has 164 valence electrons. The molecule has 0 saturated heterocycles. The Morgan fingerprint density at radius 1 is 1.06 bits per heavy atom. The largest absolute Gasteiger partial charge is 0.470 e. The summed E-state index contributed by atoms with van der Waals surface area (Å²) in [6, 6.07) is 16.4. The van der Waals surface area contributed by atoms with Crippen LogP contribution in [0.4, 0.5) is 5.69 Å². The second-order valence-electron chi connectivity index (χ2n) is 7.23. The number of hydrogen-bond donors (Lipinski definition) is 1. The number of aromatic nitrogens is 4. The molecule has 0 aliphatic heterocycles. The molecule has 9 heteroatoms. The van der Waals surface area contributed by atoms with E-state index in [9.17, 15) is 4.79 Å². The van der Waals surface area contributed by atoms with E-state index in [1.807, 2.05) is 54.9 Å². The molecule has 4 rings (SSSR count). The number of halogens is 2. The fourth-order valence-corrected chi connectivity index (χ4v) is 3.67. The molecular weight excluding hydrogens is 449 g/mol. The summed E-state index contributed by atoms with van der Waals surface area (Å²) < 4.78 is 9.02. The molecule has 0 spiro atoms. The number of carbonyl (C=O) groups is 1. The SMILES string of the molecule is Cc1nn(Cc2cccc(Cl)c2)c(C)c1NC(=O)c1ccn(COc2ccccc2Cl)n1. The molecule has 0 atom stereocenters. The van der Waals surface area contributed by atoms with Crippen LogP contribution in [0.25, 0.3) is 0 Å². The van der Waals surface area contributed by atoms with E-state index >= 15 is 0 Å². The molecular formula is C23H21Cl2N5O2. The highest BCUT2D eigenvalue weighted by Crippen LogP contribution is 2.24. The average Bonchev–Trinajstić information content (AvgIpc) is 3.34. The Labute approximate surface area is 195 Å². The standard InChI is InChI=1S/C23H21Cl2N5O2/c1-15-22(16(2)30(27-15)13-17-6-5-7-18(24)12-17)26-23(31)20-10-11-29(28-20)14-32-21-9-4-3-8-19(21)25/h3-12H,13-14H2,1-2H3,(H,26,31). The molecule has 0 fully saturated rings. The first-order valence-electron chi connectivity index (χ1n) is 9.91. The molecule has 0 bridgehead atoms. The van der Waals surface area contributed by atoms with E-state index in [1.54, 1.807) is 24.4 Å². The van der Waals surface area contributed by atoms with E-state index in [1.165, 1.54) is 4.68 Å². The van der Waals surface area contributed by atoms with Gasteiger partial charge in [0.2, 0.25) is 0 Å². The summed E-state index contributed by atoms with van der Waals surface area (Å²) in [4.78, 5) is 12.8. The second kappa shape index (κ2) is 9.46. The van der Waals surface area contributed by atoms with Crippen molar-refractivity contribution in [3.05, 3.63) is 93.5 Å². The lowest BCUT2D eigenvalue weighted by Crippen LogP contribution is -2.15. The summed E-state index contributed by atoms with van der Waals surface area (Å²) in [6.45, 7) is 4.45. The van der Waals surface area contributed by atoms with Crippen LogP contribution in [-0.2, 0) is 13.3 Å². The van der Waals surface area contributed by atoms with Crippen LogP contribution in [0.2, 0.25) is 10.0 Å². The number of anilines is 1. The number of para-hydroxylation sites is 1. The summed E-state index contributed by atoms with van der Waals surface area (Å²) >= 11 is 12.2. The Balaban J connectivity index is 1.43. The van der Waals surface area contributed by atoms with Crippen molar-refractivity contribution in [2.75, 3.05) is 5.32 Å². The van der Waals surface area contributed by atoms with Crippen molar-refractivity contribution in [1.82, 2.24) is 19.6 Å². The summed E-state index contributed by atoms with van der Waals surface area (Å²) in [7, 11) is 0. The number of hydrogen-bond acceptors (Lipinski definition) is 4. The minimum absolute atomic E-state index is 0.132. The van der Waals surface area contributed by atoms with E-state index in [0.29, 0.717) is 28.0 Å². The van der Waals surface area contributed by atoms with Gasteiger partial charge in [0, 0.05) is 11.2 Å². The van der Waals surface area contributed by atoms with Gasteiger partial charge in [-0.2, -0.15) is 10.2 Å². The zero-order valence-electron chi connectivity index (χ0n) is 17.5. The van der Waals surface area contributed by atoms with E-state index in [2.05, 4.69) is 15.5 Å². The quantitative estimate of drug-likeness (QED) is 0.396. The van der Waals surface area contributed by atoms with Crippen LogP contribution in [0.15, 0.2) is 60.8 Å². The van der Waals surface area contributed by atoms with Crippen molar-refractivity contribution in [2.24, 2.45) is 0 Å². The van der Waals surface area contributed by atoms with Crippen molar-refractivity contribution in [1.29, 1.82) is 0 Å². The number of rotatable bonds is 7. The first-order chi connectivity index (χ1) is 15.4. The van der Waals surface area contributed by atoms with E-state index in [-0.39, 0.29) is 18.3 Å². The number of carbonyl (C=O) groups excluding carboxylic acids is 1. The van der Waals surface area contributed by atoms with Crippen molar-refractivity contribution in [3.8, 4) is 5.75 Å². The predicted octanol–water partition coefficient (Wildman–Crippen LogP) is 5.34.